The smallest absolute Gasteiger partial charge is 0.412 e. The van der Waals surface area contributed by atoms with Crippen LogP contribution < -0.4 is 5.32 Å². The van der Waals surface area contributed by atoms with Gasteiger partial charge in [0.2, 0.25) is 0 Å². The number of pyridine rings is 1. The van der Waals surface area contributed by atoms with E-state index < -0.39 is 6.09 Å². The third kappa shape index (κ3) is 4.98. The Balaban J connectivity index is 2.99. The van der Waals surface area contributed by atoms with Crippen molar-refractivity contribution in [3.05, 3.63) is 22.9 Å². The van der Waals surface area contributed by atoms with E-state index in [0.29, 0.717) is 17.9 Å². The summed E-state index contributed by atoms with van der Waals surface area (Å²) in [5, 5.41) is 2.73. The van der Waals surface area contributed by atoms with Crippen LogP contribution in [0.25, 0.3) is 0 Å². The molecule has 0 radical (unpaired) electrons. The molecule has 0 aliphatic rings. The quantitative estimate of drug-likeness (QED) is 0.873. The highest BCUT2D eigenvalue weighted by molar-refractivity contribution is 5.84. The zero-order chi connectivity index (χ0) is 16.9. The van der Waals surface area contributed by atoms with Crippen LogP contribution in [0.5, 0.6) is 0 Å². The Labute approximate surface area is 134 Å². The van der Waals surface area contributed by atoms with Gasteiger partial charge in [0.25, 0.3) is 0 Å². The monoisotopic (exact) mass is 307 g/mol. The van der Waals surface area contributed by atoms with Gasteiger partial charge in [0, 0.05) is 24.3 Å². The number of aromatic nitrogens is 1. The molecule has 1 N–H and O–H groups in total. The number of hydrogen-bond acceptors (Lipinski definition) is 4. The molecule has 0 aromatic carbocycles. The van der Waals surface area contributed by atoms with Crippen molar-refractivity contribution in [2.24, 2.45) is 0 Å². The zero-order valence-electron chi connectivity index (χ0n) is 14.9. The summed E-state index contributed by atoms with van der Waals surface area (Å²) >= 11 is 0. The second-order valence-corrected chi connectivity index (χ2v) is 6.20. The van der Waals surface area contributed by atoms with Crippen molar-refractivity contribution >= 4 is 11.9 Å². The number of carbonyl (C=O) groups is 1. The van der Waals surface area contributed by atoms with Crippen LogP contribution in [-0.2, 0) is 11.2 Å². The fourth-order valence-corrected chi connectivity index (χ4v) is 2.78. The number of methoxy groups -OCH3 is 1. The average molecular weight is 307 g/mol. The van der Waals surface area contributed by atoms with E-state index in [2.05, 4.69) is 49.8 Å². The molecule has 5 nitrogen and oxygen atoms in total. The van der Waals surface area contributed by atoms with Gasteiger partial charge in [0.05, 0.1) is 7.11 Å². The zero-order valence-corrected chi connectivity index (χ0v) is 14.9. The molecule has 1 aromatic heterocycles. The van der Waals surface area contributed by atoms with Gasteiger partial charge < -0.3 is 4.74 Å². The summed E-state index contributed by atoms with van der Waals surface area (Å²) in [6.45, 7) is 13.7. The minimum atomic E-state index is -0.483. The fourth-order valence-electron chi connectivity index (χ4n) is 2.78. The molecule has 1 rings (SSSR count). The van der Waals surface area contributed by atoms with Crippen molar-refractivity contribution in [2.75, 3.05) is 19.0 Å². The number of anilines is 1. The second kappa shape index (κ2) is 8.13. The summed E-state index contributed by atoms with van der Waals surface area (Å²) in [4.78, 5) is 18.4. The van der Waals surface area contributed by atoms with Crippen LogP contribution in [0.3, 0.4) is 0 Å². The minimum Gasteiger partial charge on any atom is -0.453 e. The van der Waals surface area contributed by atoms with E-state index in [4.69, 9.17) is 4.74 Å². The van der Waals surface area contributed by atoms with Gasteiger partial charge in [0.1, 0.15) is 5.82 Å². The Hall–Kier alpha value is -1.62. The first kappa shape index (κ1) is 18.4. The van der Waals surface area contributed by atoms with Crippen LogP contribution in [0.2, 0.25) is 0 Å². The van der Waals surface area contributed by atoms with Gasteiger partial charge in [-0.25, -0.2) is 9.78 Å². The van der Waals surface area contributed by atoms with Gasteiger partial charge in [-0.3, -0.25) is 10.2 Å². The van der Waals surface area contributed by atoms with E-state index >= 15 is 0 Å². The maximum absolute atomic E-state index is 11.5. The van der Waals surface area contributed by atoms with Gasteiger partial charge >= 0.3 is 6.09 Å². The molecule has 0 atom stereocenters. The van der Waals surface area contributed by atoms with Crippen LogP contribution in [-0.4, -0.2) is 41.7 Å². The molecule has 0 bridgehead atoms. The van der Waals surface area contributed by atoms with E-state index in [1.807, 2.05) is 13.0 Å². The van der Waals surface area contributed by atoms with E-state index in [-0.39, 0.29) is 0 Å². The van der Waals surface area contributed by atoms with Gasteiger partial charge in [-0.2, -0.15) is 0 Å². The number of nitrogens with zero attached hydrogens (tertiary/aromatic N) is 2. The minimum absolute atomic E-state index is 0.482. The number of aryl methyl sites for hydroxylation is 2. The summed E-state index contributed by atoms with van der Waals surface area (Å²) in [7, 11) is 1.36. The molecule has 0 spiro atoms. The lowest BCUT2D eigenvalue weighted by Crippen LogP contribution is -2.38. The Morgan fingerprint density at radius 3 is 2.36 bits per heavy atom. The Bertz CT molecular complexity index is 505. The van der Waals surface area contributed by atoms with Crippen LogP contribution in [0.1, 0.15) is 44.5 Å². The number of ether oxygens (including phenoxy) is 1. The highest BCUT2D eigenvalue weighted by atomic mass is 16.5. The Morgan fingerprint density at radius 2 is 1.86 bits per heavy atom. The maximum atomic E-state index is 11.5. The number of rotatable bonds is 6. The number of nitrogens with one attached hydrogen (secondary N) is 1. The topological polar surface area (TPSA) is 54.5 Å². The normalized spacial score (nSPS) is 11.4. The third-order valence-corrected chi connectivity index (χ3v) is 3.83. The van der Waals surface area contributed by atoms with Crippen LogP contribution in [0, 0.1) is 13.8 Å². The first-order valence-corrected chi connectivity index (χ1v) is 7.84. The molecule has 0 saturated carbocycles. The summed E-state index contributed by atoms with van der Waals surface area (Å²) in [6, 6.07) is 3.01. The van der Waals surface area contributed by atoms with Crippen molar-refractivity contribution in [3.63, 3.8) is 0 Å². The van der Waals surface area contributed by atoms with Crippen LogP contribution >= 0.6 is 0 Å². The van der Waals surface area contributed by atoms with Crippen LogP contribution in [0.15, 0.2) is 6.07 Å². The van der Waals surface area contributed by atoms with Crippen molar-refractivity contribution in [2.45, 2.75) is 60.0 Å². The molecule has 1 aromatic rings. The number of hydrogen-bond donors (Lipinski definition) is 1. The Morgan fingerprint density at radius 1 is 1.27 bits per heavy atom. The van der Waals surface area contributed by atoms with Gasteiger partial charge in [-0.15, -0.1) is 0 Å². The molecule has 0 saturated heterocycles. The number of carbonyl (C=O) groups excluding carboxylic acids is 1. The standard InChI is InChI=1S/C17H29N3O2/c1-11(2)20(12(3)4)9-8-15-13(5)10-14(6)18-16(15)19-17(21)22-7/h10-12H,8-9H2,1-7H3,(H,18,19,21). The summed E-state index contributed by atoms with van der Waals surface area (Å²) in [5.74, 6) is 0.608. The van der Waals surface area contributed by atoms with Gasteiger partial charge in [-0.05, 0) is 65.2 Å². The largest absolute Gasteiger partial charge is 0.453 e. The second-order valence-electron chi connectivity index (χ2n) is 6.20. The lowest BCUT2D eigenvalue weighted by atomic mass is 10.0. The van der Waals surface area contributed by atoms with E-state index in [1.165, 1.54) is 7.11 Å². The fraction of sp³-hybridized carbons (Fsp3) is 0.647. The van der Waals surface area contributed by atoms with E-state index in [1.54, 1.807) is 0 Å². The average Bonchev–Trinajstić information content (AvgIpc) is 2.40. The predicted octanol–water partition coefficient (Wildman–Crippen LogP) is 3.54. The first-order valence-electron chi connectivity index (χ1n) is 7.84. The molecule has 22 heavy (non-hydrogen) atoms. The highest BCUT2D eigenvalue weighted by Crippen LogP contribution is 2.21. The molecule has 1 heterocycles. The van der Waals surface area contributed by atoms with E-state index in [9.17, 15) is 4.79 Å². The molecule has 124 valence electrons. The van der Waals surface area contributed by atoms with Crippen molar-refractivity contribution < 1.29 is 9.53 Å². The van der Waals surface area contributed by atoms with Gasteiger partial charge in [-0.1, -0.05) is 0 Å². The highest BCUT2D eigenvalue weighted by Gasteiger charge is 2.17. The third-order valence-electron chi connectivity index (χ3n) is 3.83. The molecule has 5 heteroatoms. The number of amides is 1. The molecular weight excluding hydrogens is 278 g/mol. The van der Waals surface area contributed by atoms with Crippen LogP contribution in [0.4, 0.5) is 10.6 Å². The lowest BCUT2D eigenvalue weighted by molar-refractivity contribution is 0.177. The molecular formula is C17H29N3O2. The Kier molecular flexibility index (Phi) is 6.81. The molecule has 0 aliphatic carbocycles. The lowest BCUT2D eigenvalue weighted by Gasteiger charge is -2.31. The maximum Gasteiger partial charge on any atom is 0.412 e. The predicted molar refractivity (Wildman–Crippen MR) is 90.4 cm³/mol. The molecule has 0 unspecified atom stereocenters. The SMILES string of the molecule is COC(=O)Nc1nc(C)cc(C)c1CCN(C(C)C)C(C)C. The summed E-state index contributed by atoms with van der Waals surface area (Å²) < 4.78 is 4.69. The van der Waals surface area contributed by atoms with Crippen molar-refractivity contribution in [1.82, 2.24) is 9.88 Å². The van der Waals surface area contributed by atoms with Crippen molar-refractivity contribution in [1.29, 1.82) is 0 Å². The summed E-state index contributed by atoms with van der Waals surface area (Å²) in [6.07, 6.45) is 0.359. The van der Waals surface area contributed by atoms with E-state index in [0.717, 1.165) is 29.8 Å². The van der Waals surface area contributed by atoms with Crippen molar-refractivity contribution in [3.8, 4) is 0 Å². The first-order chi connectivity index (χ1) is 10.3. The van der Waals surface area contributed by atoms with Gasteiger partial charge in [0.15, 0.2) is 0 Å². The molecule has 0 aliphatic heterocycles. The molecule has 1 amide bonds. The summed E-state index contributed by atoms with van der Waals surface area (Å²) in [5.41, 5.74) is 3.10. The molecule has 0 fully saturated rings.